The number of aromatic amines is 1. The van der Waals surface area contributed by atoms with Crippen LogP contribution in [-0.2, 0) is 16.2 Å². The second-order valence-electron chi connectivity index (χ2n) is 11.7. The summed E-state index contributed by atoms with van der Waals surface area (Å²) in [6.45, 7) is 0.356. The predicted molar refractivity (Wildman–Crippen MR) is 166 cm³/mol. The van der Waals surface area contributed by atoms with Crippen LogP contribution in [0.5, 0.6) is 5.75 Å². The van der Waals surface area contributed by atoms with E-state index in [0.29, 0.717) is 23.1 Å². The number of rotatable bonds is 6. The quantitative estimate of drug-likeness (QED) is 0.149. The summed E-state index contributed by atoms with van der Waals surface area (Å²) in [6, 6.07) is 21.0. The number of hydrogen-bond donors (Lipinski definition) is 1. The molecule has 2 amide bonds. The molecule has 44 heavy (non-hydrogen) atoms. The standard InChI is InChI=1S/C32H24ClN3O6S2/c33-16-6-11-22(42-14-15-4-2-1-3-5-15)19(12-16)23-24-20-13-21(27(24)43-29-28(23)44-32(39)34-29)26-25(20)30(37)35(31(26)38)17-7-9-18(10-8-17)36(40)41/h1-12,20-21,23-27H,13-14H2,(H,34,39)/t20-,21-,23+,24+,25+,26+,27-/m1/s1. The van der Waals surface area contributed by atoms with Crippen LogP contribution in [0.25, 0.3) is 0 Å². The Morgan fingerprint density at radius 1 is 0.977 bits per heavy atom. The first-order chi connectivity index (χ1) is 21.3. The molecule has 12 heteroatoms. The highest BCUT2D eigenvalue weighted by atomic mass is 35.5. The van der Waals surface area contributed by atoms with Crippen molar-refractivity contribution in [2.24, 2.45) is 29.6 Å². The van der Waals surface area contributed by atoms with Crippen molar-refractivity contribution in [1.82, 2.24) is 4.98 Å². The zero-order valence-electron chi connectivity index (χ0n) is 22.9. The predicted octanol–water partition coefficient (Wildman–Crippen LogP) is 6.25. The van der Waals surface area contributed by atoms with Crippen molar-refractivity contribution >= 4 is 57.9 Å². The Kier molecular flexibility index (Phi) is 6.48. The van der Waals surface area contributed by atoms with Crippen molar-refractivity contribution in [1.29, 1.82) is 0 Å². The highest BCUT2D eigenvalue weighted by Crippen LogP contribution is 2.69. The van der Waals surface area contributed by atoms with Crippen molar-refractivity contribution in [3.8, 4) is 5.75 Å². The van der Waals surface area contributed by atoms with Gasteiger partial charge in [-0.25, -0.2) is 0 Å². The van der Waals surface area contributed by atoms with Gasteiger partial charge in [0.05, 0.1) is 27.5 Å². The van der Waals surface area contributed by atoms with E-state index in [-0.39, 0.29) is 51.3 Å². The molecule has 2 bridgehead atoms. The number of benzene rings is 3. The minimum absolute atomic E-state index is 0.00137. The van der Waals surface area contributed by atoms with Gasteiger partial charge in [-0.05, 0) is 60.1 Å². The minimum Gasteiger partial charge on any atom is -0.489 e. The summed E-state index contributed by atoms with van der Waals surface area (Å²) < 4.78 is 6.38. The third kappa shape index (κ3) is 4.17. The molecule has 222 valence electrons. The van der Waals surface area contributed by atoms with Crippen LogP contribution in [0.4, 0.5) is 11.4 Å². The number of anilines is 1. The van der Waals surface area contributed by atoms with Gasteiger partial charge >= 0.3 is 4.87 Å². The summed E-state index contributed by atoms with van der Waals surface area (Å²) in [7, 11) is 0. The number of carbonyl (C=O) groups excluding carboxylic acids is 2. The second-order valence-corrected chi connectivity index (χ2v) is 14.3. The number of thioether (sulfide) groups is 1. The SMILES string of the molecule is O=C1[C@H]2[C@H]3C[C@@H]([C@@H]2C(=O)N1c1ccc([N+](=O)[O-])cc1)[C@H]1[C@H](c2cc(Cl)ccc2OCc2ccccc2)c2sc(=O)[nH]c2S[C@H]31. The molecule has 4 aliphatic rings. The molecule has 7 atom stereocenters. The van der Waals surface area contributed by atoms with Crippen LogP contribution in [0.2, 0.25) is 5.02 Å². The normalized spacial score (nSPS) is 28.1. The first kappa shape index (κ1) is 27.6. The third-order valence-corrected chi connectivity index (χ3v) is 12.4. The molecule has 2 aliphatic carbocycles. The third-order valence-electron chi connectivity index (χ3n) is 9.59. The Hall–Kier alpha value is -3.93. The van der Waals surface area contributed by atoms with Gasteiger partial charge in [0, 0.05) is 38.8 Å². The molecule has 0 spiro atoms. The number of non-ortho nitro benzene ring substituents is 1. The lowest BCUT2D eigenvalue weighted by molar-refractivity contribution is -0.384. The lowest BCUT2D eigenvalue weighted by Crippen LogP contribution is -2.42. The molecule has 1 N–H and O–H groups in total. The van der Waals surface area contributed by atoms with E-state index in [0.717, 1.165) is 27.5 Å². The number of hydrogen-bond acceptors (Lipinski definition) is 8. The Labute approximate surface area is 264 Å². The topological polar surface area (TPSA) is 123 Å². The van der Waals surface area contributed by atoms with Crippen molar-refractivity contribution in [2.45, 2.75) is 29.2 Å². The fraction of sp³-hybridized carbons (Fsp3) is 0.281. The number of amides is 2. The first-order valence-electron chi connectivity index (χ1n) is 14.3. The monoisotopic (exact) mass is 645 g/mol. The summed E-state index contributed by atoms with van der Waals surface area (Å²) in [6.07, 6.45) is 0.736. The van der Waals surface area contributed by atoms with Gasteiger partial charge in [-0.3, -0.25) is 29.4 Å². The van der Waals surface area contributed by atoms with Crippen LogP contribution in [-0.4, -0.2) is 27.0 Å². The zero-order valence-corrected chi connectivity index (χ0v) is 25.3. The number of fused-ring (bicyclic) bond motifs is 9. The van der Waals surface area contributed by atoms with Crippen LogP contribution < -0.4 is 14.5 Å². The average molecular weight is 646 g/mol. The maximum absolute atomic E-state index is 14.0. The van der Waals surface area contributed by atoms with Gasteiger partial charge in [-0.1, -0.05) is 53.3 Å². The number of imide groups is 1. The molecule has 3 fully saturated rings. The molecule has 2 aliphatic heterocycles. The number of H-pyrrole nitrogens is 1. The molecule has 0 radical (unpaired) electrons. The number of thiazole rings is 1. The number of nitrogens with one attached hydrogen (secondary N) is 1. The van der Waals surface area contributed by atoms with Crippen LogP contribution >= 0.6 is 34.7 Å². The number of nitrogens with zero attached hydrogens (tertiary/aromatic N) is 2. The molecule has 1 aromatic heterocycles. The molecular formula is C32H24ClN3O6S2. The van der Waals surface area contributed by atoms with Crippen molar-refractivity contribution in [2.75, 3.05) is 4.90 Å². The molecule has 1 saturated heterocycles. The zero-order chi connectivity index (χ0) is 30.3. The molecule has 4 aromatic rings. The number of aromatic nitrogens is 1. The van der Waals surface area contributed by atoms with Gasteiger partial charge in [0.2, 0.25) is 11.8 Å². The largest absolute Gasteiger partial charge is 0.489 e. The Morgan fingerprint density at radius 3 is 2.43 bits per heavy atom. The average Bonchev–Trinajstić information content (AvgIpc) is 3.76. The second kappa shape index (κ2) is 10.3. The van der Waals surface area contributed by atoms with E-state index in [4.69, 9.17) is 16.3 Å². The van der Waals surface area contributed by atoms with Crippen LogP contribution in [0.3, 0.4) is 0 Å². The van der Waals surface area contributed by atoms with Gasteiger partial charge in [0.25, 0.3) is 5.69 Å². The smallest absolute Gasteiger partial charge is 0.305 e. The van der Waals surface area contributed by atoms with E-state index in [1.807, 2.05) is 42.5 Å². The Bertz CT molecular complexity index is 1890. The number of halogens is 1. The molecule has 9 nitrogen and oxygen atoms in total. The van der Waals surface area contributed by atoms with Crippen LogP contribution in [0.1, 0.15) is 28.3 Å². The van der Waals surface area contributed by atoms with Crippen molar-refractivity contribution < 1.29 is 19.2 Å². The number of carbonyl (C=O) groups is 2. The van der Waals surface area contributed by atoms with E-state index in [2.05, 4.69) is 4.98 Å². The van der Waals surface area contributed by atoms with E-state index in [9.17, 15) is 24.5 Å². The highest BCUT2D eigenvalue weighted by molar-refractivity contribution is 8.00. The summed E-state index contributed by atoms with van der Waals surface area (Å²) in [5, 5.41) is 12.5. The fourth-order valence-electron chi connectivity index (χ4n) is 7.97. The van der Waals surface area contributed by atoms with Crippen LogP contribution in [0.15, 0.2) is 82.6 Å². The summed E-state index contributed by atoms with van der Waals surface area (Å²) in [4.78, 5) is 56.3. The summed E-state index contributed by atoms with van der Waals surface area (Å²) in [5.41, 5.74) is 2.13. The van der Waals surface area contributed by atoms with Gasteiger partial charge < -0.3 is 9.72 Å². The summed E-state index contributed by atoms with van der Waals surface area (Å²) in [5.74, 6) is -1.27. The highest BCUT2D eigenvalue weighted by Gasteiger charge is 2.69. The fourth-order valence-corrected chi connectivity index (χ4v) is 11.0. The Balaban J connectivity index is 1.19. The molecule has 3 aromatic carbocycles. The minimum atomic E-state index is -0.509. The maximum Gasteiger partial charge on any atom is 0.305 e. The van der Waals surface area contributed by atoms with E-state index in [1.54, 1.807) is 17.8 Å². The number of nitro benzene ring substituents is 1. The number of ether oxygens (including phenoxy) is 1. The van der Waals surface area contributed by atoms with Crippen LogP contribution in [0, 0.1) is 39.7 Å². The molecule has 0 unspecified atom stereocenters. The van der Waals surface area contributed by atoms with Gasteiger partial charge in [0.1, 0.15) is 12.4 Å². The van der Waals surface area contributed by atoms with Crippen molar-refractivity contribution in [3.63, 3.8) is 0 Å². The lowest BCUT2D eigenvalue weighted by Gasteiger charge is -2.43. The molecule has 2 saturated carbocycles. The van der Waals surface area contributed by atoms with Gasteiger partial charge in [-0.2, -0.15) is 0 Å². The Morgan fingerprint density at radius 2 is 1.70 bits per heavy atom. The molecule has 3 heterocycles. The lowest BCUT2D eigenvalue weighted by atomic mass is 9.68. The van der Waals surface area contributed by atoms with Crippen molar-refractivity contribution in [3.05, 3.63) is 114 Å². The maximum atomic E-state index is 14.0. The molecule has 8 rings (SSSR count). The van der Waals surface area contributed by atoms with E-state index in [1.165, 1.54) is 40.5 Å². The summed E-state index contributed by atoms with van der Waals surface area (Å²) >= 11 is 9.37. The van der Waals surface area contributed by atoms with E-state index >= 15 is 0 Å². The van der Waals surface area contributed by atoms with Gasteiger partial charge in [0.15, 0.2) is 0 Å². The first-order valence-corrected chi connectivity index (χ1v) is 16.4. The van der Waals surface area contributed by atoms with Gasteiger partial charge in [-0.15, -0.1) is 11.8 Å². The number of nitro groups is 1. The molecular weight excluding hydrogens is 622 g/mol. The van der Waals surface area contributed by atoms with E-state index < -0.39 is 16.8 Å².